The molecule has 0 radical (unpaired) electrons. The van der Waals surface area contributed by atoms with Crippen LogP contribution >= 0.6 is 0 Å². The monoisotopic (exact) mass is 492 g/mol. The zero-order chi connectivity index (χ0) is 25.8. The van der Waals surface area contributed by atoms with E-state index < -0.39 is 28.6 Å². The maximum absolute atomic E-state index is 14.4. The number of aromatic amines is 1. The fraction of sp³-hybridized carbons (Fsp3) is 0.370. The number of benzene rings is 2. The van der Waals surface area contributed by atoms with Crippen LogP contribution in [0, 0.1) is 23.0 Å². The summed E-state index contributed by atoms with van der Waals surface area (Å²) in [6, 6.07) is 9.89. The second kappa shape index (κ2) is 8.42. The molecule has 0 spiro atoms. The number of nitrogens with zero attached hydrogens (tertiary/aromatic N) is 3. The van der Waals surface area contributed by atoms with Crippen LogP contribution in [0.5, 0.6) is 0 Å². The Morgan fingerprint density at radius 1 is 1.25 bits per heavy atom. The summed E-state index contributed by atoms with van der Waals surface area (Å²) >= 11 is 0. The van der Waals surface area contributed by atoms with Gasteiger partial charge in [0.2, 0.25) is 0 Å². The van der Waals surface area contributed by atoms with E-state index >= 15 is 0 Å². The number of nitrogens with one attached hydrogen (secondary N) is 1. The molecule has 0 unspecified atom stereocenters. The van der Waals surface area contributed by atoms with Gasteiger partial charge in [-0.1, -0.05) is 13.8 Å². The molecule has 0 atom stereocenters. The number of carbonyl (C=O) groups is 1. The molecule has 9 heteroatoms. The summed E-state index contributed by atoms with van der Waals surface area (Å²) in [5.74, 6) is -3.26. The van der Waals surface area contributed by atoms with E-state index in [-0.39, 0.29) is 25.2 Å². The quantitative estimate of drug-likeness (QED) is 0.343. The third kappa shape index (κ3) is 3.73. The SMILES string of the molecule is CC(C)(CC#N)c1c(C2CCC(O)(C(=O)O)CC2)c2cc3[nH]ncc3cc2n1-c1ccc(F)c(F)c1. The Hall–Kier alpha value is -3.77. The Bertz CT molecular complexity index is 1540. The molecule has 2 heterocycles. The number of aliphatic carboxylic acids is 1. The molecule has 186 valence electrons. The van der Waals surface area contributed by atoms with Gasteiger partial charge in [-0.15, -0.1) is 0 Å². The minimum atomic E-state index is -1.77. The predicted octanol–water partition coefficient (Wildman–Crippen LogP) is 5.45. The molecule has 36 heavy (non-hydrogen) atoms. The molecule has 1 fully saturated rings. The topological polar surface area (TPSA) is 115 Å². The van der Waals surface area contributed by atoms with Crippen molar-refractivity contribution in [3.8, 4) is 11.8 Å². The number of hydrogen-bond acceptors (Lipinski definition) is 4. The van der Waals surface area contributed by atoms with Crippen molar-refractivity contribution in [2.24, 2.45) is 0 Å². The molecule has 4 aromatic rings. The van der Waals surface area contributed by atoms with Crippen LogP contribution in [-0.2, 0) is 10.2 Å². The van der Waals surface area contributed by atoms with E-state index in [9.17, 15) is 29.1 Å². The summed E-state index contributed by atoms with van der Waals surface area (Å²) < 4.78 is 30.2. The van der Waals surface area contributed by atoms with E-state index in [1.54, 1.807) is 6.20 Å². The van der Waals surface area contributed by atoms with Gasteiger partial charge in [-0.2, -0.15) is 10.4 Å². The van der Waals surface area contributed by atoms with Crippen molar-refractivity contribution >= 4 is 27.8 Å². The first-order valence-electron chi connectivity index (χ1n) is 11.9. The standard InChI is InChI=1S/C27H26F2N4O3/c1-26(2,9-10-30)24-23(15-5-7-27(36,8-6-15)25(34)35)18-13-21-16(14-31-32-21)11-22(18)33(24)17-3-4-19(28)20(29)12-17/h3-4,11-15,36H,5-9H2,1-2H3,(H,31,32)(H,34,35). The number of H-pyrrole nitrogens is 1. The Kier molecular flexibility index (Phi) is 5.60. The van der Waals surface area contributed by atoms with Gasteiger partial charge >= 0.3 is 5.97 Å². The second-order valence-electron chi connectivity index (χ2n) is 10.4. The van der Waals surface area contributed by atoms with Crippen LogP contribution in [0.4, 0.5) is 8.78 Å². The zero-order valence-corrected chi connectivity index (χ0v) is 20.0. The average molecular weight is 493 g/mol. The zero-order valence-electron chi connectivity index (χ0n) is 20.0. The first-order valence-corrected chi connectivity index (χ1v) is 11.9. The van der Waals surface area contributed by atoms with Crippen molar-refractivity contribution < 1.29 is 23.8 Å². The lowest BCUT2D eigenvalue weighted by Crippen LogP contribution is -2.41. The van der Waals surface area contributed by atoms with Gasteiger partial charge in [0.25, 0.3) is 0 Å². The van der Waals surface area contributed by atoms with Crippen molar-refractivity contribution in [2.75, 3.05) is 0 Å². The number of aliphatic hydroxyl groups is 1. The highest BCUT2D eigenvalue weighted by Gasteiger charge is 2.43. The van der Waals surface area contributed by atoms with E-state index in [1.165, 1.54) is 6.07 Å². The largest absolute Gasteiger partial charge is 0.479 e. The van der Waals surface area contributed by atoms with Crippen LogP contribution in [0.15, 0.2) is 36.5 Å². The number of carboxylic acids is 1. The summed E-state index contributed by atoms with van der Waals surface area (Å²) in [5, 5.41) is 38.5. The summed E-state index contributed by atoms with van der Waals surface area (Å²) in [6.07, 6.45) is 2.90. The van der Waals surface area contributed by atoms with Gasteiger partial charge in [0.1, 0.15) is 0 Å². The van der Waals surface area contributed by atoms with Crippen LogP contribution < -0.4 is 0 Å². The summed E-state index contributed by atoms with van der Waals surface area (Å²) in [4.78, 5) is 11.6. The fourth-order valence-electron chi connectivity index (χ4n) is 5.60. The van der Waals surface area contributed by atoms with E-state index in [0.717, 1.165) is 45.2 Å². The summed E-state index contributed by atoms with van der Waals surface area (Å²) in [6.45, 7) is 3.88. The molecular formula is C27H26F2N4O3. The maximum atomic E-state index is 14.4. The first-order chi connectivity index (χ1) is 17.1. The van der Waals surface area contributed by atoms with Gasteiger partial charge in [-0.05, 0) is 61.4 Å². The van der Waals surface area contributed by atoms with Gasteiger partial charge in [-0.3, -0.25) is 5.10 Å². The highest BCUT2D eigenvalue weighted by Crippen LogP contribution is 2.48. The molecule has 1 aliphatic carbocycles. The van der Waals surface area contributed by atoms with Crippen LogP contribution in [-0.4, -0.2) is 36.5 Å². The van der Waals surface area contributed by atoms with Crippen molar-refractivity contribution in [1.82, 2.24) is 14.8 Å². The first kappa shape index (κ1) is 23.9. The number of aromatic nitrogens is 3. The van der Waals surface area contributed by atoms with Crippen LogP contribution in [0.2, 0.25) is 0 Å². The van der Waals surface area contributed by atoms with Gasteiger partial charge < -0.3 is 14.8 Å². The van der Waals surface area contributed by atoms with Gasteiger partial charge in [-0.25, -0.2) is 13.6 Å². The molecule has 7 nitrogen and oxygen atoms in total. The number of hydrogen-bond donors (Lipinski definition) is 3. The number of carboxylic acid groups (broad SMARTS) is 1. The van der Waals surface area contributed by atoms with E-state index in [1.807, 2.05) is 30.5 Å². The molecule has 5 rings (SSSR count). The van der Waals surface area contributed by atoms with Crippen molar-refractivity contribution in [1.29, 1.82) is 5.26 Å². The number of fused-ring (bicyclic) bond motifs is 2. The smallest absolute Gasteiger partial charge is 0.335 e. The van der Waals surface area contributed by atoms with Crippen molar-refractivity contribution in [3.63, 3.8) is 0 Å². The number of nitriles is 1. The van der Waals surface area contributed by atoms with Crippen molar-refractivity contribution in [3.05, 3.63) is 59.4 Å². The number of halogens is 2. The third-order valence-corrected chi connectivity index (χ3v) is 7.51. The van der Waals surface area contributed by atoms with Crippen LogP contribution in [0.25, 0.3) is 27.5 Å². The van der Waals surface area contributed by atoms with E-state index in [4.69, 9.17) is 0 Å². The summed E-state index contributed by atoms with van der Waals surface area (Å²) in [5.41, 5.74) is 1.25. The maximum Gasteiger partial charge on any atom is 0.335 e. The van der Waals surface area contributed by atoms with E-state index in [0.29, 0.717) is 18.5 Å². The Labute approximate surface area is 206 Å². The lowest BCUT2D eigenvalue weighted by Gasteiger charge is -2.35. The lowest BCUT2D eigenvalue weighted by molar-refractivity contribution is -0.162. The summed E-state index contributed by atoms with van der Waals surface area (Å²) in [7, 11) is 0. The van der Waals surface area contributed by atoms with Gasteiger partial charge in [0.15, 0.2) is 17.2 Å². The number of rotatable bonds is 5. The molecule has 2 aromatic carbocycles. The van der Waals surface area contributed by atoms with Crippen LogP contribution in [0.1, 0.15) is 63.1 Å². The Morgan fingerprint density at radius 3 is 2.61 bits per heavy atom. The fourth-order valence-corrected chi connectivity index (χ4v) is 5.60. The molecular weight excluding hydrogens is 466 g/mol. The molecule has 1 aliphatic rings. The van der Waals surface area contributed by atoms with E-state index in [2.05, 4.69) is 16.3 Å². The Balaban J connectivity index is 1.83. The van der Waals surface area contributed by atoms with Crippen molar-refractivity contribution in [2.45, 2.75) is 62.9 Å². The Morgan fingerprint density at radius 2 is 1.97 bits per heavy atom. The molecule has 0 aliphatic heterocycles. The van der Waals surface area contributed by atoms with Gasteiger partial charge in [0, 0.05) is 40.1 Å². The lowest BCUT2D eigenvalue weighted by atomic mass is 9.72. The molecule has 3 N–H and O–H groups in total. The molecule has 0 saturated heterocycles. The highest BCUT2D eigenvalue weighted by molar-refractivity contribution is 5.99. The predicted molar refractivity (Wildman–Crippen MR) is 130 cm³/mol. The minimum Gasteiger partial charge on any atom is -0.479 e. The molecule has 2 aromatic heterocycles. The van der Waals surface area contributed by atoms with Crippen LogP contribution in [0.3, 0.4) is 0 Å². The van der Waals surface area contributed by atoms with Gasteiger partial charge in [0.05, 0.1) is 23.3 Å². The molecule has 0 bridgehead atoms. The molecule has 0 amide bonds. The third-order valence-electron chi connectivity index (χ3n) is 7.51. The second-order valence-corrected chi connectivity index (χ2v) is 10.4. The average Bonchev–Trinajstić information content (AvgIpc) is 3.42. The molecule has 1 saturated carbocycles. The minimum absolute atomic E-state index is 0.0925. The normalized spacial score (nSPS) is 20.6. The highest BCUT2D eigenvalue weighted by atomic mass is 19.2.